The van der Waals surface area contributed by atoms with Crippen molar-refractivity contribution in [2.24, 2.45) is 0 Å². The average Bonchev–Trinajstić information content (AvgIpc) is 2.80. The number of rotatable bonds is 12. The third-order valence-corrected chi connectivity index (χ3v) is 4.82. The molecule has 0 radical (unpaired) electrons. The summed E-state index contributed by atoms with van der Waals surface area (Å²) in [6.07, 6.45) is 0.204. The summed E-state index contributed by atoms with van der Waals surface area (Å²) in [5.41, 5.74) is 1.33. The van der Waals surface area contributed by atoms with Crippen molar-refractivity contribution < 1.29 is 28.2 Å². The minimum absolute atomic E-state index is 0.162. The van der Waals surface area contributed by atoms with Crippen molar-refractivity contribution in [3.63, 3.8) is 0 Å². The molecule has 2 aromatic rings. The molecule has 0 atom stereocenters. The maximum Gasteiger partial charge on any atom is 0.234 e. The van der Waals surface area contributed by atoms with Crippen molar-refractivity contribution in [1.82, 2.24) is 10.2 Å². The molecule has 0 bridgehead atoms. The van der Waals surface area contributed by atoms with Crippen molar-refractivity contribution in [2.45, 2.75) is 19.9 Å². The number of likely N-dealkylation sites (N-methyl/N-ethyl adjacent to an activating group) is 1. The molecule has 2 amide bonds. The molecule has 2 N–H and O–H groups in total. The van der Waals surface area contributed by atoms with Crippen LogP contribution in [0, 0.1) is 5.82 Å². The average molecular weight is 448 g/mol. The molecular weight excluding hydrogens is 417 g/mol. The van der Waals surface area contributed by atoms with E-state index in [0.29, 0.717) is 42.6 Å². The quantitative estimate of drug-likeness (QED) is 0.520. The number of benzene rings is 2. The van der Waals surface area contributed by atoms with Gasteiger partial charge in [-0.3, -0.25) is 14.5 Å². The number of methoxy groups -OCH3 is 3. The molecule has 0 aliphatic carbocycles. The molecule has 0 aliphatic rings. The van der Waals surface area contributed by atoms with Gasteiger partial charge in [0.1, 0.15) is 5.82 Å². The lowest BCUT2D eigenvalue weighted by Gasteiger charge is -2.20. The number of hydrogen-bond donors (Lipinski definition) is 2. The first-order valence-electron chi connectivity index (χ1n) is 10.2. The molecule has 0 spiro atoms. The first kappa shape index (κ1) is 24.9. The smallest absolute Gasteiger partial charge is 0.234 e. The van der Waals surface area contributed by atoms with Crippen LogP contribution in [0.25, 0.3) is 0 Å². The summed E-state index contributed by atoms with van der Waals surface area (Å²) in [5.74, 6) is 0.634. The number of nitrogens with one attached hydrogen (secondary N) is 2. The van der Waals surface area contributed by atoms with Gasteiger partial charge in [-0.2, -0.15) is 0 Å². The SMILES string of the molecule is CCN(CCC(=O)Nc1cc(OC)c(OC)c(OC)c1)CC(=O)NCc1ccc(F)cc1. The van der Waals surface area contributed by atoms with E-state index in [1.54, 1.807) is 24.3 Å². The molecule has 0 saturated heterocycles. The van der Waals surface area contributed by atoms with Crippen LogP contribution in [-0.4, -0.2) is 57.7 Å². The number of ether oxygens (including phenoxy) is 3. The van der Waals surface area contributed by atoms with E-state index in [9.17, 15) is 14.0 Å². The van der Waals surface area contributed by atoms with Gasteiger partial charge in [-0.15, -0.1) is 0 Å². The van der Waals surface area contributed by atoms with E-state index in [0.717, 1.165) is 5.56 Å². The molecule has 0 aliphatic heterocycles. The number of amides is 2. The monoisotopic (exact) mass is 447 g/mol. The van der Waals surface area contributed by atoms with Gasteiger partial charge in [0.05, 0.1) is 27.9 Å². The van der Waals surface area contributed by atoms with Crippen molar-refractivity contribution in [3.8, 4) is 17.2 Å². The Labute approximate surface area is 187 Å². The Kier molecular flexibility index (Phi) is 9.75. The zero-order valence-electron chi connectivity index (χ0n) is 18.9. The van der Waals surface area contributed by atoms with Gasteiger partial charge in [0.25, 0.3) is 0 Å². The Morgan fingerprint density at radius 1 is 0.969 bits per heavy atom. The van der Waals surface area contributed by atoms with E-state index >= 15 is 0 Å². The molecule has 9 heteroatoms. The number of hydrogen-bond acceptors (Lipinski definition) is 6. The molecule has 0 aromatic heterocycles. The van der Waals surface area contributed by atoms with Gasteiger partial charge in [0, 0.05) is 37.3 Å². The highest BCUT2D eigenvalue weighted by Gasteiger charge is 2.15. The van der Waals surface area contributed by atoms with Crippen LogP contribution in [0.15, 0.2) is 36.4 Å². The summed E-state index contributed by atoms with van der Waals surface area (Å²) in [4.78, 5) is 26.5. The van der Waals surface area contributed by atoms with Crippen molar-refractivity contribution in [1.29, 1.82) is 0 Å². The predicted molar refractivity (Wildman–Crippen MR) is 120 cm³/mol. The number of carbonyl (C=O) groups is 2. The first-order valence-corrected chi connectivity index (χ1v) is 10.2. The fraction of sp³-hybridized carbons (Fsp3) is 0.391. The van der Waals surface area contributed by atoms with Crippen LogP contribution in [0.4, 0.5) is 10.1 Å². The highest BCUT2D eigenvalue weighted by molar-refractivity contribution is 5.91. The third kappa shape index (κ3) is 7.42. The highest BCUT2D eigenvalue weighted by atomic mass is 19.1. The molecule has 2 aromatic carbocycles. The zero-order valence-corrected chi connectivity index (χ0v) is 18.9. The van der Waals surface area contributed by atoms with E-state index < -0.39 is 0 Å². The summed E-state index contributed by atoms with van der Waals surface area (Å²) in [5, 5.41) is 5.62. The fourth-order valence-corrected chi connectivity index (χ4v) is 3.05. The summed E-state index contributed by atoms with van der Waals surface area (Å²) in [6.45, 7) is 3.43. The standard InChI is InChI=1S/C23H30FN3O5/c1-5-27(15-22(29)25-14-16-6-8-17(24)9-7-16)11-10-21(28)26-18-12-19(30-2)23(32-4)20(13-18)31-3/h6-9,12-13H,5,10-11,14-15H2,1-4H3,(H,25,29)(H,26,28). The Morgan fingerprint density at radius 3 is 2.12 bits per heavy atom. The Morgan fingerprint density at radius 2 is 1.59 bits per heavy atom. The summed E-state index contributed by atoms with van der Waals surface area (Å²) in [6, 6.07) is 9.26. The van der Waals surface area contributed by atoms with Crippen LogP contribution < -0.4 is 24.8 Å². The first-order chi connectivity index (χ1) is 15.4. The van der Waals surface area contributed by atoms with Crippen LogP contribution in [0.2, 0.25) is 0 Å². The van der Waals surface area contributed by atoms with E-state index in [2.05, 4.69) is 10.6 Å². The lowest BCUT2D eigenvalue weighted by Crippen LogP contribution is -2.38. The van der Waals surface area contributed by atoms with Crippen LogP contribution in [-0.2, 0) is 16.1 Å². The maximum absolute atomic E-state index is 13.0. The summed E-state index contributed by atoms with van der Waals surface area (Å²) >= 11 is 0. The van der Waals surface area contributed by atoms with Crippen LogP contribution >= 0.6 is 0 Å². The minimum Gasteiger partial charge on any atom is -0.493 e. The van der Waals surface area contributed by atoms with Crippen LogP contribution in [0.3, 0.4) is 0 Å². The minimum atomic E-state index is -0.318. The highest BCUT2D eigenvalue weighted by Crippen LogP contribution is 2.39. The van der Waals surface area contributed by atoms with Crippen LogP contribution in [0.5, 0.6) is 17.2 Å². The van der Waals surface area contributed by atoms with E-state index in [4.69, 9.17) is 14.2 Å². The Hall–Kier alpha value is -3.33. The molecule has 2 rings (SSSR count). The van der Waals surface area contributed by atoms with E-state index in [-0.39, 0.29) is 30.6 Å². The van der Waals surface area contributed by atoms with Gasteiger partial charge < -0.3 is 24.8 Å². The molecule has 32 heavy (non-hydrogen) atoms. The van der Waals surface area contributed by atoms with Crippen molar-refractivity contribution in [3.05, 3.63) is 47.8 Å². The van der Waals surface area contributed by atoms with Gasteiger partial charge in [0.2, 0.25) is 17.6 Å². The van der Waals surface area contributed by atoms with Gasteiger partial charge >= 0.3 is 0 Å². The van der Waals surface area contributed by atoms with Gasteiger partial charge in [0.15, 0.2) is 11.5 Å². The maximum atomic E-state index is 13.0. The number of anilines is 1. The largest absolute Gasteiger partial charge is 0.493 e. The number of carbonyl (C=O) groups excluding carboxylic acids is 2. The van der Waals surface area contributed by atoms with E-state index in [1.807, 2.05) is 11.8 Å². The Bertz CT molecular complexity index is 880. The van der Waals surface area contributed by atoms with Gasteiger partial charge in [-0.1, -0.05) is 19.1 Å². The van der Waals surface area contributed by atoms with E-state index in [1.165, 1.54) is 33.5 Å². The lowest BCUT2D eigenvalue weighted by atomic mass is 10.2. The van der Waals surface area contributed by atoms with Crippen molar-refractivity contribution in [2.75, 3.05) is 46.3 Å². The second kappa shape index (κ2) is 12.5. The van der Waals surface area contributed by atoms with Crippen LogP contribution in [0.1, 0.15) is 18.9 Å². The predicted octanol–water partition coefficient (Wildman–Crippen LogP) is 2.82. The van der Waals surface area contributed by atoms with Gasteiger partial charge in [-0.05, 0) is 24.2 Å². The molecule has 8 nitrogen and oxygen atoms in total. The number of nitrogens with zero attached hydrogens (tertiary/aromatic N) is 1. The molecular formula is C23H30FN3O5. The molecule has 0 heterocycles. The second-order valence-corrected chi connectivity index (χ2v) is 6.98. The van der Waals surface area contributed by atoms with Crippen molar-refractivity contribution >= 4 is 17.5 Å². The Balaban J connectivity index is 1.85. The fourth-order valence-electron chi connectivity index (χ4n) is 3.05. The molecule has 0 saturated carbocycles. The molecule has 0 unspecified atom stereocenters. The second-order valence-electron chi connectivity index (χ2n) is 6.98. The molecule has 0 fully saturated rings. The number of halogens is 1. The van der Waals surface area contributed by atoms with Gasteiger partial charge in [-0.25, -0.2) is 4.39 Å². The molecule has 174 valence electrons. The summed E-state index contributed by atoms with van der Waals surface area (Å²) in [7, 11) is 4.51. The normalized spacial score (nSPS) is 10.6. The third-order valence-electron chi connectivity index (χ3n) is 4.82. The lowest BCUT2D eigenvalue weighted by molar-refractivity contribution is -0.123. The summed E-state index contributed by atoms with van der Waals surface area (Å²) < 4.78 is 28.8. The topological polar surface area (TPSA) is 89.1 Å². The zero-order chi connectivity index (χ0) is 23.5.